The van der Waals surface area contributed by atoms with Crippen molar-refractivity contribution in [2.45, 2.75) is 13.5 Å². The molecule has 0 aliphatic rings. The Bertz CT molecular complexity index is 304. The predicted octanol–water partition coefficient (Wildman–Crippen LogP) is 2.68. The van der Waals surface area contributed by atoms with E-state index in [0.717, 1.165) is 19.7 Å². The smallest absolute Gasteiger partial charge is 0.0602 e. The minimum Gasteiger partial charge on any atom is -0.379 e. The van der Waals surface area contributed by atoms with Crippen LogP contribution in [0.25, 0.3) is 0 Å². The van der Waals surface area contributed by atoms with Crippen LogP contribution in [0, 0.1) is 6.92 Å². The van der Waals surface area contributed by atoms with Crippen LogP contribution in [0.2, 0.25) is 0 Å². The molecule has 0 radical (unpaired) electrons. The van der Waals surface area contributed by atoms with Gasteiger partial charge in [0, 0.05) is 19.0 Å². The van der Waals surface area contributed by atoms with Crippen LogP contribution in [0.4, 0.5) is 0 Å². The van der Waals surface area contributed by atoms with Crippen LogP contribution in [0.5, 0.6) is 0 Å². The summed E-state index contributed by atoms with van der Waals surface area (Å²) in [6.07, 6.45) is 0. The summed E-state index contributed by atoms with van der Waals surface area (Å²) in [6.45, 7) is 5.43. The number of rotatable bonds is 7. The largest absolute Gasteiger partial charge is 0.379 e. The van der Waals surface area contributed by atoms with E-state index in [0.29, 0.717) is 12.5 Å². The molecule has 0 saturated heterocycles. The van der Waals surface area contributed by atoms with Gasteiger partial charge in [-0.1, -0.05) is 24.3 Å². The van der Waals surface area contributed by atoms with Crippen molar-refractivity contribution in [3.63, 3.8) is 0 Å². The Kier molecular flexibility index (Phi) is 6.46. The van der Waals surface area contributed by atoms with Gasteiger partial charge in [-0.15, -0.1) is 11.6 Å². The van der Waals surface area contributed by atoms with Gasteiger partial charge in [-0.3, -0.25) is 4.90 Å². The molecule has 1 aromatic rings. The Hall–Kier alpha value is -0.570. The monoisotopic (exact) mass is 241 g/mol. The highest BCUT2D eigenvalue weighted by molar-refractivity contribution is 6.17. The van der Waals surface area contributed by atoms with Gasteiger partial charge in [-0.2, -0.15) is 0 Å². The molecule has 3 heteroatoms. The number of benzene rings is 1. The molecule has 0 saturated carbocycles. The summed E-state index contributed by atoms with van der Waals surface area (Å²) in [6, 6.07) is 8.47. The van der Waals surface area contributed by atoms with Gasteiger partial charge in [0.25, 0.3) is 0 Å². The van der Waals surface area contributed by atoms with Crippen LogP contribution < -0.4 is 0 Å². The van der Waals surface area contributed by atoms with Gasteiger partial charge in [0.05, 0.1) is 13.2 Å². The summed E-state index contributed by atoms with van der Waals surface area (Å²) in [4.78, 5) is 2.26. The van der Waals surface area contributed by atoms with Crippen molar-refractivity contribution < 1.29 is 4.74 Å². The number of aryl methyl sites for hydroxylation is 1. The molecule has 0 amide bonds. The summed E-state index contributed by atoms with van der Waals surface area (Å²) in [5.74, 6) is 0.571. The van der Waals surface area contributed by atoms with E-state index in [9.17, 15) is 0 Å². The first-order chi connectivity index (χ1) is 7.74. The molecule has 0 atom stereocenters. The lowest BCUT2D eigenvalue weighted by atomic mass is 10.1. The standard InChI is InChI=1S/C13H20ClNO/c1-12-5-3-4-6-13(12)11-15(2)8-10-16-9-7-14/h3-6H,7-11H2,1-2H3. The van der Waals surface area contributed by atoms with Gasteiger partial charge in [-0.25, -0.2) is 0 Å². The van der Waals surface area contributed by atoms with Gasteiger partial charge in [0.1, 0.15) is 0 Å². The maximum atomic E-state index is 5.53. The lowest BCUT2D eigenvalue weighted by Gasteiger charge is -2.17. The number of nitrogens with zero attached hydrogens (tertiary/aromatic N) is 1. The molecule has 0 heterocycles. The van der Waals surface area contributed by atoms with Crippen molar-refractivity contribution in [1.82, 2.24) is 4.90 Å². The number of halogens is 1. The van der Waals surface area contributed by atoms with E-state index in [1.807, 2.05) is 0 Å². The minimum absolute atomic E-state index is 0.571. The maximum absolute atomic E-state index is 5.53. The number of hydrogen-bond donors (Lipinski definition) is 0. The van der Waals surface area contributed by atoms with E-state index in [2.05, 4.69) is 43.1 Å². The molecule has 1 rings (SSSR count). The molecule has 0 aliphatic heterocycles. The lowest BCUT2D eigenvalue weighted by Crippen LogP contribution is -2.23. The number of hydrogen-bond acceptors (Lipinski definition) is 2. The Morgan fingerprint density at radius 1 is 1.25 bits per heavy atom. The Morgan fingerprint density at radius 3 is 2.69 bits per heavy atom. The van der Waals surface area contributed by atoms with Crippen LogP contribution in [0.15, 0.2) is 24.3 Å². The molecular weight excluding hydrogens is 222 g/mol. The zero-order chi connectivity index (χ0) is 11.8. The van der Waals surface area contributed by atoms with E-state index in [-0.39, 0.29) is 0 Å². The van der Waals surface area contributed by atoms with Crippen LogP contribution in [0.3, 0.4) is 0 Å². The topological polar surface area (TPSA) is 12.5 Å². The van der Waals surface area contributed by atoms with Crippen molar-refractivity contribution in [3.05, 3.63) is 35.4 Å². The first kappa shape index (κ1) is 13.5. The quantitative estimate of drug-likeness (QED) is 0.538. The fourth-order valence-corrected chi connectivity index (χ4v) is 1.64. The van der Waals surface area contributed by atoms with E-state index >= 15 is 0 Å². The molecule has 0 bridgehead atoms. The molecule has 0 aromatic heterocycles. The average molecular weight is 242 g/mol. The third-order valence-electron chi connectivity index (χ3n) is 2.54. The normalized spacial score (nSPS) is 11.0. The van der Waals surface area contributed by atoms with E-state index in [1.54, 1.807) is 0 Å². The molecule has 0 unspecified atom stereocenters. The fraction of sp³-hybridized carbons (Fsp3) is 0.538. The van der Waals surface area contributed by atoms with Crippen molar-refractivity contribution in [3.8, 4) is 0 Å². The van der Waals surface area contributed by atoms with Gasteiger partial charge in [-0.05, 0) is 25.1 Å². The molecule has 0 N–H and O–H groups in total. The van der Waals surface area contributed by atoms with Crippen molar-refractivity contribution in [2.24, 2.45) is 0 Å². The SMILES string of the molecule is Cc1ccccc1CN(C)CCOCCCl. The third kappa shape index (κ3) is 4.97. The molecule has 0 aliphatic carbocycles. The highest BCUT2D eigenvalue weighted by Crippen LogP contribution is 2.08. The highest BCUT2D eigenvalue weighted by atomic mass is 35.5. The first-order valence-corrected chi connectivity index (χ1v) is 6.14. The summed E-state index contributed by atoms with van der Waals surface area (Å²) in [7, 11) is 2.11. The van der Waals surface area contributed by atoms with Crippen LogP contribution in [-0.2, 0) is 11.3 Å². The molecule has 1 aromatic carbocycles. The predicted molar refractivity (Wildman–Crippen MR) is 69.1 cm³/mol. The number of likely N-dealkylation sites (N-methyl/N-ethyl adjacent to an activating group) is 1. The molecule has 0 spiro atoms. The molecule has 0 fully saturated rings. The van der Waals surface area contributed by atoms with Gasteiger partial charge >= 0.3 is 0 Å². The van der Waals surface area contributed by atoms with Crippen LogP contribution >= 0.6 is 11.6 Å². The molecule has 90 valence electrons. The van der Waals surface area contributed by atoms with Crippen molar-refractivity contribution in [2.75, 3.05) is 32.7 Å². The second-order valence-electron chi connectivity index (χ2n) is 3.97. The second-order valence-corrected chi connectivity index (χ2v) is 4.34. The van der Waals surface area contributed by atoms with E-state index < -0.39 is 0 Å². The Morgan fingerprint density at radius 2 is 2.00 bits per heavy atom. The van der Waals surface area contributed by atoms with Crippen LogP contribution in [0.1, 0.15) is 11.1 Å². The minimum atomic E-state index is 0.571. The maximum Gasteiger partial charge on any atom is 0.0602 e. The van der Waals surface area contributed by atoms with Crippen molar-refractivity contribution >= 4 is 11.6 Å². The van der Waals surface area contributed by atoms with Crippen LogP contribution in [-0.4, -0.2) is 37.6 Å². The van der Waals surface area contributed by atoms with Gasteiger partial charge in [0.2, 0.25) is 0 Å². The van der Waals surface area contributed by atoms with E-state index in [4.69, 9.17) is 16.3 Å². The third-order valence-corrected chi connectivity index (χ3v) is 2.69. The van der Waals surface area contributed by atoms with Gasteiger partial charge in [0.15, 0.2) is 0 Å². The summed E-state index contributed by atoms with van der Waals surface area (Å²) >= 11 is 5.53. The Balaban J connectivity index is 2.28. The zero-order valence-corrected chi connectivity index (χ0v) is 10.8. The molecule has 16 heavy (non-hydrogen) atoms. The first-order valence-electron chi connectivity index (χ1n) is 5.61. The lowest BCUT2D eigenvalue weighted by molar-refractivity contribution is 0.121. The highest BCUT2D eigenvalue weighted by Gasteiger charge is 2.02. The van der Waals surface area contributed by atoms with Gasteiger partial charge < -0.3 is 4.74 Å². The molecule has 2 nitrogen and oxygen atoms in total. The summed E-state index contributed by atoms with van der Waals surface area (Å²) in [5.41, 5.74) is 2.72. The summed E-state index contributed by atoms with van der Waals surface area (Å²) < 4.78 is 5.35. The van der Waals surface area contributed by atoms with E-state index in [1.165, 1.54) is 11.1 Å². The number of ether oxygens (including phenoxy) is 1. The number of alkyl halides is 1. The zero-order valence-electron chi connectivity index (χ0n) is 10.1. The fourth-order valence-electron chi connectivity index (χ4n) is 1.53. The molecular formula is C13H20ClNO. The average Bonchev–Trinajstić information content (AvgIpc) is 2.28. The second kappa shape index (κ2) is 7.66. The van der Waals surface area contributed by atoms with Crippen molar-refractivity contribution in [1.29, 1.82) is 0 Å². The Labute approximate surface area is 103 Å². The summed E-state index contributed by atoms with van der Waals surface area (Å²) in [5, 5.41) is 0.